The van der Waals surface area contributed by atoms with E-state index in [9.17, 15) is 4.79 Å². The first-order chi connectivity index (χ1) is 13.5. The first kappa shape index (κ1) is 18.8. The van der Waals surface area contributed by atoms with Gasteiger partial charge < -0.3 is 4.52 Å². The van der Waals surface area contributed by atoms with Crippen LogP contribution in [0.15, 0.2) is 64.1 Å². The maximum atomic E-state index is 13.7. The number of benzene rings is 2. The first-order valence-corrected chi connectivity index (χ1v) is 10.2. The van der Waals surface area contributed by atoms with Gasteiger partial charge in [0.1, 0.15) is 17.0 Å². The second-order valence-electron chi connectivity index (χ2n) is 6.52. The Morgan fingerprint density at radius 2 is 1.89 bits per heavy atom. The van der Waals surface area contributed by atoms with Crippen molar-refractivity contribution in [2.45, 2.75) is 19.9 Å². The number of aliphatic imine (C=N–C) groups is 1. The Balaban J connectivity index is 1.82. The van der Waals surface area contributed by atoms with Crippen LogP contribution in [-0.2, 0) is 0 Å². The molecule has 1 unspecified atom stereocenters. The molecule has 0 aliphatic carbocycles. The number of hydrogen-bond acceptors (Lipinski definition) is 5. The van der Waals surface area contributed by atoms with Crippen LogP contribution in [0.25, 0.3) is 11.3 Å². The van der Waals surface area contributed by atoms with Crippen LogP contribution in [-0.4, -0.2) is 28.0 Å². The maximum absolute atomic E-state index is 13.7. The minimum Gasteiger partial charge on any atom is -0.360 e. The van der Waals surface area contributed by atoms with E-state index < -0.39 is 0 Å². The van der Waals surface area contributed by atoms with Crippen LogP contribution in [0.2, 0.25) is 5.02 Å². The SMILES string of the molecule is Cc1onc(-c2ccccc2)c1C(=O)N(C1=NC(C)CS1)c1ccc(Cl)cc1. The fraction of sp³-hybridized carbons (Fsp3) is 0.190. The van der Waals surface area contributed by atoms with Crippen LogP contribution in [0, 0.1) is 6.92 Å². The highest BCUT2D eigenvalue weighted by atomic mass is 35.5. The molecule has 1 atom stereocenters. The Hall–Kier alpha value is -2.57. The predicted molar refractivity (Wildman–Crippen MR) is 114 cm³/mol. The van der Waals surface area contributed by atoms with Crippen LogP contribution in [0.3, 0.4) is 0 Å². The van der Waals surface area contributed by atoms with Gasteiger partial charge in [-0.05, 0) is 38.1 Å². The van der Waals surface area contributed by atoms with Crippen molar-refractivity contribution in [1.29, 1.82) is 0 Å². The second-order valence-corrected chi connectivity index (χ2v) is 7.94. The molecule has 3 aromatic rings. The van der Waals surface area contributed by atoms with Gasteiger partial charge in [-0.15, -0.1) is 0 Å². The van der Waals surface area contributed by atoms with E-state index in [1.165, 1.54) is 0 Å². The van der Waals surface area contributed by atoms with E-state index in [2.05, 4.69) is 10.1 Å². The van der Waals surface area contributed by atoms with Crippen molar-refractivity contribution in [2.75, 3.05) is 10.7 Å². The van der Waals surface area contributed by atoms with E-state index in [0.29, 0.717) is 32.9 Å². The summed E-state index contributed by atoms with van der Waals surface area (Å²) in [6.45, 7) is 3.78. The van der Waals surface area contributed by atoms with Gasteiger partial charge in [-0.3, -0.25) is 14.7 Å². The Morgan fingerprint density at radius 3 is 2.54 bits per heavy atom. The third-order valence-electron chi connectivity index (χ3n) is 4.39. The number of amidine groups is 1. The molecule has 0 saturated heterocycles. The smallest absolute Gasteiger partial charge is 0.270 e. The minimum atomic E-state index is -0.222. The number of rotatable bonds is 3. The number of anilines is 1. The molecule has 1 aromatic heterocycles. The molecular weight excluding hydrogens is 394 g/mol. The number of amides is 1. The van der Waals surface area contributed by atoms with Gasteiger partial charge in [0.05, 0.1) is 11.7 Å². The monoisotopic (exact) mass is 411 g/mol. The van der Waals surface area contributed by atoms with Crippen molar-refractivity contribution in [3.05, 3.63) is 70.9 Å². The number of carbonyl (C=O) groups is 1. The van der Waals surface area contributed by atoms with Crippen LogP contribution in [0.5, 0.6) is 0 Å². The highest BCUT2D eigenvalue weighted by Gasteiger charge is 2.32. The highest BCUT2D eigenvalue weighted by molar-refractivity contribution is 8.14. The molecule has 1 aliphatic rings. The summed E-state index contributed by atoms with van der Waals surface area (Å²) in [4.78, 5) is 20.0. The van der Waals surface area contributed by atoms with Gasteiger partial charge in [0.15, 0.2) is 5.17 Å². The molecule has 0 spiro atoms. The van der Waals surface area contributed by atoms with Crippen LogP contribution < -0.4 is 4.90 Å². The summed E-state index contributed by atoms with van der Waals surface area (Å²) in [7, 11) is 0. The van der Waals surface area contributed by atoms with E-state index in [-0.39, 0.29) is 11.9 Å². The molecule has 0 bridgehead atoms. The molecule has 4 rings (SSSR count). The summed E-state index contributed by atoms with van der Waals surface area (Å²) >= 11 is 7.61. The third kappa shape index (κ3) is 3.57. The van der Waals surface area contributed by atoms with Gasteiger partial charge in [-0.25, -0.2) is 0 Å². The number of hydrogen-bond donors (Lipinski definition) is 0. The zero-order valence-corrected chi connectivity index (χ0v) is 17.0. The molecule has 0 radical (unpaired) electrons. The largest absolute Gasteiger partial charge is 0.360 e. The number of aryl methyl sites for hydroxylation is 1. The predicted octanol–water partition coefficient (Wildman–Crippen LogP) is 5.44. The lowest BCUT2D eigenvalue weighted by molar-refractivity contribution is 0.100. The van der Waals surface area contributed by atoms with Crippen molar-refractivity contribution in [3.63, 3.8) is 0 Å². The average molecular weight is 412 g/mol. The Kier molecular flexibility index (Phi) is 5.24. The molecule has 0 N–H and O–H groups in total. The molecule has 2 heterocycles. The van der Waals surface area contributed by atoms with Crippen molar-refractivity contribution in [2.24, 2.45) is 4.99 Å². The molecule has 28 heavy (non-hydrogen) atoms. The van der Waals surface area contributed by atoms with Crippen molar-refractivity contribution in [3.8, 4) is 11.3 Å². The van der Waals surface area contributed by atoms with Crippen LogP contribution in [0.1, 0.15) is 23.0 Å². The molecule has 1 amide bonds. The summed E-state index contributed by atoms with van der Waals surface area (Å²) in [6.07, 6.45) is 0. The summed E-state index contributed by atoms with van der Waals surface area (Å²) in [5.74, 6) is 1.08. The minimum absolute atomic E-state index is 0.153. The van der Waals surface area contributed by atoms with Gasteiger partial charge in [0.25, 0.3) is 5.91 Å². The third-order valence-corrected chi connectivity index (χ3v) is 5.83. The Morgan fingerprint density at radius 1 is 1.18 bits per heavy atom. The van der Waals surface area contributed by atoms with Gasteiger partial charge in [0, 0.05) is 16.3 Å². The normalized spacial score (nSPS) is 16.1. The number of nitrogens with zero attached hydrogens (tertiary/aromatic N) is 3. The van der Waals surface area contributed by atoms with E-state index in [0.717, 1.165) is 11.3 Å². The zero-order chi connectivity index (χ0) is 19.7. The Labute approximate surface area is 172 Å². The van der Waals surface area contributed by atoms with E-state index >= 15 is 0 Å². The average Bonchev–Trinajstić information content (AvgIpc) is 3.30. The molecule has 2 aromatic carbocycles. The van der Waals surface area contributed by atoms with Crippen LogP contribution >= 0.6 is 23.4 Å². The van der Waals surface area contributed by atoms with E-state index in [4.69, 9.17) is 16.1 Å². The first-order valence-electron chi connectivity index (χ1n) is 8.87. The van der Waals surface area contributed by atoms with Crippen molar-refractivity contribution >= 4 is 40.1 Å². The second kappa shape index (κ2) is 7.81. The molecular formula is C21H18ClN3O2S. The van der Waals surface area contributed by atoms with Crippen molar-refractivity contribution < 1.29 is 9.32 Å². The molecule has 7 heteroatoms. The molecule has 0 saturated carbocycles. The zero-order valence-electron chi connectivity index (χ0n) is 15.4. The fourth-order valence-corrected chi connectivity index (χ4v) is 4.18. The lowest BCUT2D eigenvalue weighted by Crippen LogP contribution is -2.35. The molecule has 142 valence electrons. The summed E-state index contributed by atoms with van der Waals surface area (Å²) < 4.78 is 5.39. The highest BCUT2D eigenvalue weighted by Crippen LogP contribution is 2.32. The van der Waals surface area contributed by atoms with Crippen LogP contribution in [0.4, 0.5) is 5.69 Å². The number of thioether (sulfide) groups is 1. The lowest BCUT2D eigenvalue weighted by atomic mass is 10.1. The van der Waals surface area contributed by atoms with Crippen molar-refractivity contribution in [1.82, 2.24) is 5.16 Å². The summed E-state index contributed by atoms with van der Waals surface area (Å²) in [6, 6.07) is 16.9. The molecule has 1 aliphatic heterocycles. The maximum Gasteiger partial charge on any atom is 0.270 e. The summed E-state index contributed by atoms with van der Waals surface area (Å²) in [5.41, 5.74) is 2.49. The standard InChI is InChI=1S/C21H18ClN3O2S/c1-13-12-28-21(23-13)25(17-10-8-16(22)9-11-17)20(26)18-14(2)27-24-19(18)15-6-4-3-5-7-15/h3-11,13H,12H2,1-2H3. The van der Waals surface area contributed by atoms with E-state index in [1.807, 2.05) is 49.4 Å². The topological polar surface area (TPSA) is 58.7 Å². The van der Waals surface area contributed by atoms with E-state index in [1.54, 1.807) is 35.7 Å². The van der Waals surface area contributed by atoms with Gasteiger partial charge in [-0.2, -0.15) is 0 Å². The number of halogens is 1. The molecule has 5 nitrogen and oxygen atoms in total. The number of carbonyl (C=O) groups excluding carboxylic acids is 1. The summed E-state index contributed by atoms with van der Waals surface area (Å²) in [5, 5.41) is 5.42. The number of aromatic nitrogens is 1. The quantitative estimate of drug-likeness (QED) is 0.575. The molecule has 0 fully saturated rings. The van der Waals surface area contributed by atoms with Gasteiger partial charge in [0.2, 0.25) is 0 Å². The van der Waals surface area contributed by atoms with Gasteiger partial charge >= 0.3 is 0 Å². The van der Waals surface area contributed by atoms with Gasteiger partial charge in [-0.1, -0.05) is 58.9 Å². The lowest BCUT2D eigenvalue weighted by Gasteiger charge is -2.22. The Bertz CT molecular complexity index is 1030. The fourth-order valence-electron chi connectivity index (χ4n) is 3.01.